The molecule has 6 rings (SSSR count). The molecule has 0 bridgehead atoms. The Morgan fingerprint density at radius 3 is 2.16 bits per heavy atom. The molecule has 3 atom stereocenters. The number of aromatic amines is 2. The van der Waals surface area contributed by atoms with E-state index in [-0.39, 0.29) is 62.4 Å². The number of ether oxygens (including phenoxy) is 4. The number of benzene rings is 2. The number of hydrogen-bond acceptors (Lipinski definition) is 10. The van der Waals surface area contributed by atoms with Crippen molar-refractivity contribution in [1.82, 2.24) is 40.4 Å². The number of carbonyl (C=O) groups excluding carboxylic acids is 4. The maximum atomic E-state index is 14.0. The first-order chi connectivity index (χ1) is 30.3. The fraction of sp³-hybridized carbons (Fsp3) is 0.447. The third-order valence-electron chi connectivity index (χ3n) is 11.3. The minimum Gasteiger partial charge on any atom is -0.488 e. The van der Waals surface area contributed by atoms with Crippen LogP contribution in [-0.2, 0) is 56.3 Å². The zero-order chi connectivity index (χ0) is 45.4. The molecule has 4 aromatic rings. The molecule has 1 aliphatic heterocycles. The lowest BCUT2D eigenvalue weighted by atomic mass is 9.86. The van der Waals surface area contributed by atoms with Crippen molar-refractivity contribution in [2.24, 2.45) is 17.8 Å². The molecule has 0 unspecified atom stereocenters. The Kier molecular flexibility index (Phi) is 14.8. The Balaban J connectivity index is 1.22. The van der Waals surface area contributed by atoms with Gasteiger partial charge in [-0.25, -0.2) is 19.6 Å². The SMILES string of the molecule is C#CCCN(Cc1ncc(-c2ccc3c(c2)COc2cc4c(cc2-3)CCc2[nH]c(CN(C[C@@H](C#C)COC)C(=O)[C@@H](NC(=O)OC)C(C)C)nc2-4)[nH]1)C(=O)[C@@H](NC(=O)OC)C(C)C. The van der Waals surface area contributed by atoms with Gasteiger partial charge in [-0.1, -0.05) is 45.7 Å². The van der Waals surface area contributed by atoms with Gasteiger partial charge in [-0.15, -0.1) is 18.8 Å². The van der Waals surface area contributed by atoms with Gasteiger partial charge in [-0.3, -0.25) is 9.59 Å². The summed E-state index contributed by atoms with van der Waals surface area (Å²) < 4.78 is 21.3. The summed E-state index contributed by atoms with van der Waals surface area (Å²) in [5.41, 5.74) is 8.61. The minimum atomic E-state index is -0.845. The van der Waals surface area contributed by atoms with Crippen molar-refractivity contribution in [2.45, 2.75) is 78.7 Å². The molecule has 0 saturated heterocycles. The van der Waals surface area contributed by atoms with E-state index >= 15 is 0 Å². The summed E-state index contributed by atoms with van der Waals surface area (Å²) in [4.78, 5) is 71.5. The van der Waals surface area contributed by atoms with Crippen molar-refractivity contribution in [3.8, 4) is 64.1 Å². The van der Waals surface area contributed by atoms with Crippen LogP contribution in [0.25, 0.3) is 33.6 Å². The number of aryl methyl sites for hydroxylation is 2. The van der Waals surface area contributed by atoms with Gasteiger partial charge >= 0.3 is 12.2 Å². The van der Waals surface area contributed by atoms with Crippen molar-refractivity contribution in [3.63, 3.8) is 0 Å². The van der Waals surface area contributed by atoms with Crippen LogP contribution < -0.4 is 15.4 Å². The van der Waals surface area contributed by atoms with Gasteiger partial charge in [0.05, 0.1) is 57.4 Å². The predicted molar refractivity (Wildman–Crippen MR) is 236 cm³/mol. The second-order valence-corrected chi connectivity index (χ2v) is 16.4. The Labute approximate surface area is 368 Å². The molecule has 0 radical (unpaired) electrons. The fourth-order valence-corrected chi connectivity index (χ4v) is 7.95. The highest BCUT2D eigenvalue weighted by molar-refractivity contribution is 5.87. The summed E-state index contributed by atoms with van der Waals surface area (Å²) in [6.45, 7) is 8.80. The molecule has 4 N–H and O–H groups in total. The van der Waals surface area contributed by atoms with E-state index in [1.165, 1.54) is 14.2 Å². The van der Waals surface area contributed by atoms with E-state index < -0.39 is 24.3 Å². The Morgan fingerprint density at radius 1 is 0.841 bits per heavy atom. The van der Waals surface area contributed by atoms with Crippen LogP contribution in [0.15, 0.2) is 36.5 Å². The summed E-state index contributed by atoms with van der Waals surface area (Å²) in [5.74, 6) is 5.84. The van der Waals surface area contributed by atoms with E-state index in [4.69, 9.17) is 36.8 Å². The summed E-state index contributed by atoms with van der Waals surface area (Å²) in [6, 6.07) is 8.79. The van der Waals surface area contributed by atoms with Crippen molar-refractivity contribution >= 4 is 24.0 Å². The van der Waals surface area contributed by atoms with E-state index in [0.717, 1.165) is 69.1 Å². The number of fused-ring (bicyclic) bond motifs is 6. The molecule has 0 fully saturated rings. The second-order valence-electron chi connectivity index (χ2n) is 16.4. The largest absolute Gasteiger partial charge is 0.488 e. The monoisotopic (exact) mass is 860 g/mol. The highest BCUT2D eigenvalue weighted by Gasteiger charge is 2.33. The number of hydrogen-bond donors (Lipinski definition) is 4. The standard InChI is InChI=1S/C47H56N8O8/c1-10-12-17-54(44(56)41(27(3)4)52-46(58)61-8)23-39-48-21-37(50-39)31-13-15-33-32(18-31)26-63-38-20-34-30(19-35(33)38)14-16-36-43(34)51-40(49-36)24-55(22-29(11-2)25-60-7)45(57)42(28(5)6)53-47(59)62-9/h1-2,13,15,18-21,27-29,41-42H,12,14,16-17,22-26H2,3-9H3,(H,48,50)(H,49,51)(H,52,58)(H,53,59)/t29-,41+,42+/m1/s1. The molecule has 63 heavy (non-hydrogen) atoms. The first-order valence-electron chi connectivity index (χ1n) is 21.0. The average Bonchev–Trinajstić information content (AvgIpc) is 3.93. The number of amides is 4. The quantitative estimate of drug-likeness (QED) is 0.0992. The number of rotatable bonds is 17. The predicted octanol–water partition coefficient (Wildman–Crippen LogP) is 5.46. The van der Waals surface area contributed by atoms with Gasteiger partial charge in [0.2, 0.25) is 11.8 Å². The summed E-state index contributed by atoms with van der Waals surface area (Å²) in [7, 11) is 4.07. The molecule has 0 saturated carbocycles. The van der Waals surface area contributed by atoms with E-state index in [1.54, 1.807) is 23.1 Å². The van der Waals surface area contributed by atoms with Crippen LogP contribution in [0.4, 0.5) is 9.59 Å². The van der Waals surface area contributed by atoms with Crippen LogP contribution in [0, 0.1) is 42.4 Å². The molecule has 1 aliphatic carbocycles. The Bertz CT molecular complexity index is 2410. The van der Waals surface area contributed by atoms with Gasteiger partial charge in [0.25, 0.3) is 0 Å². The summed E-state index contributed by atoms with van der Waals surface area (Å²) >= 11 is 0. The molecule has 2 aliphatic rings. The third-order valence-corrected chi connectivity index (χ3v) is 11.3. The van der Waals surface area contributed by atoms with Crippen LogP contribution in [0.5, 0.6) is 5.75 Å². The highest BCUT2D eigenvalue weighted by Crippen LogP contribution is 2.44. The zero-order valence-corrected chi connectivity index (χ0v) is 36.9. The van der Waals surface area contributed by atoms with Crippen molar-refractivity contribution in [2.75, 3.05) is 41.0 Å². The van der Waals surface area contributed by atoms with Gasteiger partial charge in [-0.05, 0) is 65.1 Å². The first-order valence-corrected chi connectivity index (χ1v) is 21.0. The smallest absolute Gasteiger partial charge is 0.407 e. The van der Waals surface area contributed by atoms with Crippen LogP contribution in [-0.4, -0.2) is 107 Å². The summed E-state index contributed by atoms with van der Waals surface area (Å²) in [5, 5.41) is 5.32. The Morgan fingerprint density at radius 2 is 1.52 bits per heavy atom. The van der Waals surface area contributed by atoms with Gasteiger partial charge < -0.3 is 49.3 Å². The zero-order valence-electron chi connectivity index (χ0n) is 36.9. The van der Waals surface area contributed by atoms with Gasteiger partial charge in [0.1, 0.15) is 36.1 Å². The topological polar surface area (TPSA) is 193 Å². The molecule has 2 aromatic heterocycles. The van der Waals surface area contributed by atoms with Crippen molar-refractivity contribution in [1.29, 1.82) is 0 Å². The van der Waals surface area contributed by atoms with Crippen LogP contribution >= 0.6 is 0 Å². The van der Waals surface area contributed by atoms with Crippen LogP contribution in [0.2, 0.25) is 0 Å². The molecule has 2 aromatic carbocycles. The summed E-state index contributed by atoms with van der Waals surface area (Å²) in [6.07, 6.45) is 13.6. The molecule has 16 nitrogen and oxygen atoms in total. The second kappa shape index (κ2) is 20.4. The van der Waals surface area contributed by atoms with Crippen LogP contribution in [0.1, 0.15) is 62.6 Å². The lowest BCUT2D eigenvalue weighted by Gasteiger charge is -2.30. The minimum absolute atomic E-state index is 0.138. The van der Waals surface area contributed by atoms with E-state index in [0.29, 0.717) is 24.7 Å². The molecular weight excluding hydrogens is 805 g/mol. The molecule has 332 valence electrons. The Hall–Kier alpha value is -6.78. The van der Waals surface area contributed by atoms with Gasteiger partial charge in [0.15, 0.2) is 0 Å². The first kappa shape index (κ1) is 45.7. The number of terminal acetylenes is 2. The van der Waals surface area contributed by atoms with Gasteiger partial charge in [-0.2, -0.15) is 0 Å². The fourth-order valence-electron chi connectivity index (χ4n) is 7.95. The molecule has 0 spiro atoms. The number of methoxy groups -OCH3 is 3. The van der Waals surface area contributed by atoms with Crippen LogP contribution in [0.3, 0.4) is 0 Å². The highest BCUT2D eigenvalue weighted by atomic mass is 16.5. The molecule has 16 heteroatoms. The molecule has 3 heterocycles. The van der Waals surface area contributed by atoms with E-state index in [2.05, 4.69) is 55.6 Å². The number of H-pyrrole nitrogens is 2. The molecular formula is C47H56N8O8. The number of carbonyl (C=O) groups is 4. The lowest BCUT2D eigenvalue weighted by molar-refractivity contribution is -0.136. The van der Waals surface area contributed by atoms with E-state index in [9.17, 15) is 19.2 Å². The number of imidazole rings is 2. The van der Waals surface area contributed by atoms with Crippen molar-refractivity contribution in [3.05, 3.63) is 65.0 Å². The van der Waals surface area contributed by atoms with E-state index in [1.807, 2.05) is 39.8 Å². The lowest BCUT2D eigenvalue weighted by Crippen LogP contribution is -2.52. The van der Waals surface area contributed by atoms with Crippen molar-refractivity contribution < 1.29 is 38.1 Å². The number of aromatic nitrogens is 4. The molecule has 4 amide bonds. The average molecular weight is 861 g/mol. The number of alkyl carbamates (subject to hydrolysis) is 2. The maximum absolute atomic E-state index is 14.0. The third kappa shape index (κ3) is 10.5. The number of nitrogens with one attached hydrogen (secondary N) is 4. The maximum Gasteiger partial charge on any atom is 0.407 e. The van der Waals surface area contributed by atoms with Gasteiger partial charge in [0, 0.05) is 43.4 Å². The normalized spacial score (nSPS) is 13.7. The number of nitrogens with zero attached hydrogens (tertiary/aromatic N) is 4.